The monoisotopic (exact) mass is 230 g/mol. The summed E-state index contributed by atoms with van der Waals surface area (Å²) in [5.74, 6) is 0. The zero-order valence-electron chi connectivity index (χ0n) is 10.2. The summed E-state index contributed by atoms with van der Waals surface area (Å²) >= 11 is 0. The van der Waals surface area contributed by atoms with Crippen molar-refractivity contribution >= 4 is 17.1 Å². The molecule has 1 amide bonds. The minimum Gasteiger partial charge on any atom is -0.337 e. The number of imidazole rings is 1. The molecule has 4 nitrogen and oxygen atoms in total. The first-order chi connectivity index (χ1) is 8.24. The molecule has 0 bridgehead atoms. The van der Waals surface area contributed by atoms with Gasteiger partial charge in [0.2, 0.25) is 0 Å². The summed E-state index contributed by atoms with van der Waals surface area (Å²) in [6.45, 7) is 4.76. The Labute approximate surface area is 101 Å². The summed E-state index contributed by atoms with van der Waals surface area (Å²) in [5.41, 5.74) is 2.69. The van der Waals surface area contributed by atoms with E-state index in [-0.39, 0.29) is 6.03 Å². The molecule has 0 unspecified atom stereocenters. The number of benzene rings is 1. The van der Waals surface area contributed by atoms with Gasteiger partial charge in [-0.3, -0.25) is 0 Å². The van der Waals surface area contributed by atoms with Gasteiger partial charge in [-0.05, 0) is 25.0 Å². The normalized spacial score (nSPS) is 10.7. The van der Waals surface area contributed by atoms with Crippen molar-refractivity contribution in [3.05, 3.63) is 30.1 Å². The van der Waals surface area contributed by atoms with Crippen molar-refractivity contribution < 1.29 is 4.79 Å². The quantitative estimate of drug-likeness (QED) is 0.823. The maximum Gasteiger partial charge on any atom is 0.327 e. The van der Waals surface area contributed by atoms with Crippen LogP contribution in [0.4, 0.5) is 4.79 Å². The third-order valence-electron chi connectivity index (χ3n) is 2.73. The van der Waals surface area contributed by atoms with Crippen LogP contribution in [0.25, 0.3) is 11.0 Å². The smallest absolute Gasteiger partial charge is 0.327 e. The van der Waals surface area contributed by atoms with Crippen LogP contribution in [0.2, 0.25) is 0 Å². The number of aryl methyl sites for hydroxylation is 1. The number of carbonyl (C=O) groups is 1. The van der Waals surface area contributed by atoms with Gasteiger partial charge in [-0.15, -0.1) is 0 Å². The number of carbonyl (C=O) groups excluding carboxylic acids is 1. The number of para-hydroxylation sites is 1. The van der Waals surface area contributed by atoms with E-state index in [1.807, 2.05) is 25.1 Å². The number of hydrogen-bond donors (Lipinski definition) is 1. The zero-order valence-corrected chi connectivity index (χ0v) is 10.2. The molecular formula is C13H16N3O. The van der Waals surface area contributed by atoms with Gasteiger partial charge in [0.1, 0.15) is 0 Å². The molecule has 2 aromatic rings. The lowest BCUT2D eigenvalue weighted by Crippen LogP contribution is -2.28. The minimum atomic E-state index is -0.161. The SMILES string of the molecule is CCCCNC(=O)n1[c]nc2c(C)cccc21. The highest BCUT2D eigenvalue weighted by Crippen LogP contribution is 2.15. The minimum absolute atomic E-state index is 0.161. The standard InChI is InChI=1S/C13H16N3O/c1-3-4-8-14-13(17)16-9-15-12-10(2)6-5-7-11(12)16/h5-7H,3-4,8H2,1-2H3,(H,14,17). The molecule has 1 N–H and O–H groups in total. The van der Waals surface area contributed by atoms with Gasteiger partial charge < -0.3 is 5.32 Å². The third-order valence-corrected chi connectivity index (χ3v) is 2.73. The Morgan fingerprint density at radius 1 is 1.53 bits per heavy atom. The predicted octanol–water partition coefficient (Wildman–Crippen LogP) is 2.50. The molecule has 1 heterocycles. The lowest BCUT2D eigenvalue weighted by atomic mass is 10.2. The van der Waals surface area contributed by atoms with Crippen LogP contribution in [0, 0.1) is 13.3 Å². The molecule has 1 aromatic heterocycles. The average Bonchev–Trinajstić information content (AvgIpc) is 2.74. The lowest BCUT2D eigenvalue weighted by molar-refractivity contribution is 0.243. The first-order valence-electron chi connectivity index (χ1n) is 5.88. The topological polar surface area (TPSA) is 46.9 Å². The van der Waals surface area contributed by atoms with Gasteiger partial charge in [-0.1, -0.05) is 25.5 Å². The molecule has 0 aliphatic carbocycles. The number of unbranched alkanes of at least 4 members (excludes halogenated alkanes) is 1. The van der Waals surface area contributed by atoms with Crippen LogP contribution in [0.3, 0.4) is 0 Å². The van der Waals surface area contributed by atoms with E-state index in [0.29, 0.717) is 6.54 Å². The van der Waals surface area contributed by atoms with Gasteiger partial charge >= 0.3 is 6.03 Å². The fourth-order valence-electron chi connectivity index (χ4n) is 1.73. The molecule has 0 aliphatic heterocycles. The van der Waals surface area contributed by atoms with E-state index in [0.717, 1.165) is 29.4 Å². The van der Waals surface area contributed by atoms with Gasteiger partial charge in [0.05, 0.1) is 11.0 Å². The van der Waals surface area contributed by atoms with E-state index in [1.54, 1.807) is 0 Å². The molecule has 4 heteroatoms. The fourth-order valence-corrected chi connectivity index (χ4v) is 1.73. The van der Waals surface area contributed by atoms with Gasteiger partial charge in [0, 0.05) is 6.54 Å². The summed E-state index contributed by atoms with van der Waals surface area (Å²) in [7, 11) is 0. The van der Waals surface area contributed by atoms with Crippen molar-refractivity contribution in [2.24, 2.45) is 0 Å². The molecular weight excluding hydrogens is 214 g/mol. The molecule has 0 fully saturated rings. The Bertz CT molecular complexity index is 530. The number of nitrogens with one attached hydrogen (secondary N) is 1. The van der Waals surface area contributed by atoms with Crippen molar-refractivity contribution in [3.8, 4) is 0 Å². The second-order valence-electron chi connectivity index (χ2n) is 4.08. The Kier molecular flexibility index (Phi) is 3.42. The van der Waals surface area contributed by atoms with Crippen LogP contribution in [-0.2, 0) is 0 Å². The van der Waals surface area contributed by atoms with Gasteiger partial charge in [0.25, 0.3) is 0 Å². The second kappa shape index (κ2) is 4.99. The van der Waals surface area contributed by atoms with E-state index in [2.05, 4.69) is 23.6 Å². The summed E-state index contributed by atoms with van der Waals surface area (Å²) in [6.07, 6.45) is 4.78. The van der Waals surface area contributed by atoms with Crippen molar-refractivity contribution in [2.75, 3.05) is 6.54 Å². The zero-order chi connectivity index (χ0) is 12.3. The molecule has 0 spiro atoms. The maximum atomic E-state index is 11.9. The summed E-state index contributed by atoms with van der Waals surface area (Å²) in [5, 5.41) is 2.85. The third kappa shape index (κ3) is 2.30. The Balaban J connectivity index is 2.24. The fraction of sp³-hybridized carbons (Fsp3) is 0.385. The van der Waals surface area contributed by atoms with Crippen molar-refractivity contribution in [2.45, 2.75) is 26.7 Å². The highest BCUT2D eigenvalue weighted by molar-refractivity contribution is 5.90. The highest BCUT2D eigenvalue weighted by Gasteiger charge is 2.10. The van der Waals surface area contributed by atoms with Gasteiger partial charge in [-0.25, -0.2) is 14.3 Å². The van der Waals surface area contributed by atoms with Crippen LogP contribution >= 0.6 is 0 Å². The van der Waals surface area contributed by atoms with Crippen LogP contribution in [0.15, 0.2) is 18.2 Å². The Morgan fingerprint density at radius 2 is 2.35 bits per heavy atom. The number of amides is 1. The van der Waals surface area contributed by atoms with Crippen molar-refractivity contribution in [1.29, 1.82) is 0 Å². The summed E-state index contributed by atoms with van der Waals surface area (Å²) in [4.78, 5) is 16.0. The first kappa shape index (κ1) is 11.6. The van der Waals surface area contributed by atoms with Crippen molar-refractivity contribution in [1.82, 2.24) is 14.9 Å². The molecule has 1 radical (unpaired) electrons. The van der Waals surface area contributed by atoms with Crippen LogP contribution in [0.1, 0.15) is 25.3 Å². The average molecular weight is 230 g/mol. The lowest BCUT2D eigenvalue weighted by Gasteiger charge is -2.05. The number of fused-ring (bicyclic) bond motifs is 1. The Morgan fingerprint density at radius 3 is 3.12 bits per heavy atom. The molecule has 1 aromatic carbocycles. The van der Waals surface area contributed by atoms with Crippen LogP contribution < -0.4 is 5.32 Å². The van der Waals surface area contributed by atoms with Gasteiger partial charge in [-0.2, -0.15) is 0 Å². The molecule has 0 saturated heterocycles. The van der Waals surface area contributed by atoms with Crippen LogP contribution in [0.5, 0.6) is 0 Å². The predicted molar refractivity (Wildman–Crippen MR) is 67.0 cm³/mol. The van der Waals surface area contributed by atoms with E-state index >= 15 is 0 Å². The van der Waals surface area contributed by atoms with E-state index in [4.69, 9.17) is 0 Å². The summed E-state index contributed by atoms with van der Waals surface area (Å²) < 4.78 is 1.44. The van der Waals surface area contributed by atoms with E-state index < -0.39 is 0 Å². The van der Waals surface area contributed by atoms with Crippen molar-refractivity contribution in [3.63, 3.8) is 0 Å². The highest BCUT2D eigenvalue weighted by atomic mass is 16.2. The largest absolute Gasteiger partial charge is 0.337 e. The van der Waals surface area contributed by atoms with E-state index in [1.165, 1.54) is 4.57 Å². The molecule has 0 aliphatic rings. The molecule has 17 heavy (non-hydrogen) atoms. The van der Waals surface area contributed by atoms with Gasteiger partial charge in [0.15, 0.2) is 6.33 Å². The number of hydrogen-bond acceptors (Lipinski definition) is 2. The molecule has 2 rings (SSSR count). The molecule has 0 atom stereocenters. The maximum absolute atomic E-state index is 11.9. The summed E-state index contributed by atoms with van der Waals surface area (Å²) in [6, 6.07) is 5.61. The first-order valence-corrected chi connectivity index (χ1v) is 5.88. The molecule has 0 saturated carbocycles. The number of nitrogens with zero attached hydrogens (tertiary/aromatic N) is 2. The van der Waals surface area contributed by atoms with E-state index in [9.17, 15) is 4.79 Å². The molecule has 89 valence electrons. The van der Waals surface area contributed by atoms with Crippen LogP contribution in [-0.4, -0.2) is 22.1 Å². The number of rotatable bonds is 3. The number of aromatic nitrogens is 2. The second-order valence-corrected chi connectivity index (χ2v) is 4.08. The Hall–Kier alpha value is -1.84.